The largest absolute Gasteiger partial charge is 0.507 e. The van der Waals surface area contributed by atoms with Crippen LogP contribution in [0.3, 0.4) is 0 Å². The van der Waals surface area contributed by atoms with Crippen molar-refractivity contribution < 1.29 is 19.7 Å². The van der Waals surface area contributed by atoms with Crippen molar-refractivity contribution in [3.63, 3.8) is 0 Å². The molecule has 0 aliphatic carbocycles. The van der Waals surface area contributed by atoms with Crippen LogP contribution in [-0.2, 0) is 11.2 Å². The predicted molar refractivity (Wildman–Crippen MR) is 80.3 cm³/mol. The Balaban J connectivity index is 2.17. The van der Waals surface area contributed by atoms with E-state index in [0.29, 0.717) is 12.0 Å². The maximum absolute atomic E-state index is 11.4. The van der Waals surface area contributed by atoms with Gasteiger partial charge in [-0.05, 0) is 24.1 Å². The molecular formula is C17H16O4. The Morgan fingerprint density at radius 2 is 1.76 bits per heavy atom. The standard InChI is InChI=1S/C17H16O4/c1-21-17(20)13-10-15(18)14(16(19)11-13)9-5-8-12-6-3-2-4-7-12/h2-8,10-11,18-19H,9H2,1H3/b8-5+. The predicted octanol–water partition coefficient (Wildman–Crippen LogP) is 3.14. The summed E-state index contributed by atoms with van der Waals surface area (Å²) in [5, 5.41) is 19.8. The number of hydrogen-bond acceptors (Lipinski definition) is 4. The normalized spacial score (nSPS) is 10.7. The van der Waals surface area contributed by atoms with Crippen LogP contribution in [-0.4, -0.2) is 23.3 Å². The first-order valence-corrected chi connectivity index (χ1v) is 6.46. The van der Waals surface area contributed by atoms with Crippen molar-refractivity contribution in [3.05, 3.63) is 65.2 Å². The number of carbonyl (C=O) groups excluding carboxylic acids is 1. The van der Waals surface area contributed by atoms with E-state index in [9.17, 15) is 15.0 Å². The Hall–Kier alpha value is -2.75. The highest BCUT2D eigenvalue weighted by Crippen LogP contribution is 2.30. The van der Waals surface area contributed by atoms with Gasteiger partial charge in [0.15, 0.2) is 0 Å². The molecule has 0 atom stereocenters. The number of benzene rings is 2. The molecule has 21 heavy (non-hydrogen) atoms. The van der Waals surface area contributed by atoms with Crippen LogP contribution in [0.25, 0.3) is 6.08 Å². The summed E-state index contributed by atoms with van der Waals surface area (Å²) in [6.07, 6.45) is 4.09. The second-order valence-electron chi connectivity index (χ2n) is 4.50. The topological polar surface area (TPSA) is 66.8 Å². The molecule has 2 N–H and O–H groups in total. The van der Waals surface area contributed by atoms with Gasteiger partial charge in [-0.15, -0.1) is 0 Å². The third kappa shape index (κ3) is 3.63. The molecule has 4 nitrogen and oxygen atoms in total. The van der Waals surface area contributed by atoms with Crippen LogP contribution in [0.5, 0.6) is 11.5 Å². The molecule has 2 rings (SSSR count). The van der Waals surface area contributed by atoms with E-state index in [4.69, 9.17) is 0 Å². The first-order chi connectivity index (χ1) is 10.1. The fourth-order valence-electron chi connectivity index (χ4n) is 1.96. The molecule has 2 aromatic rings. The van der Waals surface area contributed by atoms with Gasteiger partial charge in [-0.1, -0.05) is 42.5 Å². The third-order valence-electron chi connectivity index (χ3n) is 3.06. The van der Waals surface area contributed by atoms with Crippen LogP contribution in [0.4, 0.5) is 0 Å². The molecule has 0 aliphatic rings. The van der Waals surface area contributed by atoms with Crippen molar-refractivity contribution in [2.45, 2.75) is 6.42 Å². The Morgan fingerprint density at radius 1 is 1.14 bits per heavy atom. The monoisotopic (exact) mass is 284 g/mol. The van der Waals surface area contributed by atoms with Crippen molar-refractivity contribution in [2.75, 3.05) is 7.11 Å². The lowest BCUT2D eigenvalue weighted by Crippen LogP contribution is -2.01. The minimum atomic E-state index is -0.605. The zero-order valence-electron chi connectivity index (χ0n) is 11.6. The smallest absolute Gasteiger partial charge is 0.338 e. The minimum Gasteiger partial charge on any atom is -0.507 e. The molecule has 0 saturated heterocycles. The quantitative estimate of drug-likeness (QED) is 0.846. The second-order valence-corrected chi connectivity index (χ2v) is 4.50. The number of rotatable bonds is 4. The van der Waals surface area contributed by atoms with E-state index in [0.717, 1.165) is 5.56 Å². The van der Waals surface area contributed by atoms with E-state index < -0.39 is 5.97 Å². The lowest BCUT2D eigenvalue weighted by molar-refractivity contribution is 0.0599. The number of hydrogen-bond donors (Lipinski definition) is 2. The van der Waals surface area contributed by atoms with Crippen LogP contribution in [0.2, 0.25) is 0 Å². The highest BCUT2D eigenvalue weighted by molar-refractivity contribution is 5.90. The lowest BCUT2D eigenvalue weighted by Gasteiger charge is -2.07. The first kappa shape index (κ1) is 14.7. The molecule has 2 aromatic carbocycles. The van der Waals surface area contributed by atoms with Gasteiger partial charge in [0.25, 0.3) is 0 Å². The maximum atomic E-state index is 11.4. The molecule has 0 amide bonds. The molecule has 0 heterocycles. The number of phenolic OH excluding ortho intramolecular Hbond substituents is 2. The van der Waals surface area contributed by atoms with Gasteiger partial charge in [-0.2, -0.15) is 0 Å². The summed E-state index contributed by atoms with van der Waals surface area (Å²) in [7, 11) is 1.24. The Labute approximate surface area is 122 Å². The fraction of sp³-hybridized carbons (Fsp3) is 0.118. The van der Waals surface area contributed by atoms with Gasteiger partial charge < -0.3 is 14.9 Å². The minimum absolute atomic E-state index is 0.114. The summed E-state index contributed by atoms with van der Waals surface area (Å²) >= 11 is 0. The van der Waals surface area contributed by atoms with Gasteiger partial charge in [-0.25, -0.2) is 4.79 Å². The number of ether oxygens (including phenoxy) is 1. The molecule has 0 spiro atoms. The molecule has 0 aromatic heterocycles. The van der Waals surface area contributed by atoms with Crippen molar-refractivity contribution in [2.24, 2.45) is 0 Å². The number of allylic oxidation sites excluding steroid dienone is 1. The van der Waals surface area contributed by atoms with Crippen molar-refractivity contribution >= 4 is 12.0 Å². The molecule has 0 bridgehead atoms. The molecule has 0 fully saturated rings. The third-order valence-corrected chi connectivity index (χ3v) is 3.06. The average molecular weight is 284 g/mol. The van der Waals surface area contributed by atoms with Crippen molar-refractivity contribution in [1.29, 1.82) is 0 Å². The number of aromatic hydroxyl groups is 2. The first-order valence-electron chi connectivity index (χ1n) is 6.46. The summed E-state index contributed by atoms with van der Waals surface area (Å²) < 4.78 is 4.55. The van der Waals surface area contributed by atoms with E-state index >= 15 is 0 Å². The average Bonchev–Trinajstić information content (AvgIpc) is 2.50. The summed E-state index contributed by atoms with van der Waals surface area (Å²) in [5.41, 5.74) is 1.51. The number of phenols is 2. The molecule has 0 unspecified atom stereocenters. The fourth-order valence-corrected chi connectivity index (χ4v) is 1.96. The van der Waals surface area contributed by atoms with Gasteiger partial charge in [0, 0.05) is 5.56 Å². The van der Waals surface area contributed by atoms with Gasteiger partial charge >= 0.3 is 5.97 Å². The Kier molecular flexibility index (Phi) is 4.61. The maximum Gasteiger partial charge on any atom is 0.338 e. The zero-order valence-corrected chi connectivity index (χ0v) is 11.6. The van der Waals surface area contributed by atoms with E-state index in [2.05, 4.69) is 4.74 Å². The molecule has 0 radical (unpaired) electrons. The molecule has 0 saturated carbocycles. The Morgan fingerprint density at radius 3 is 2.33 bits per heavy atom. The second kappa shape index (κ2) is 6.61. The van der Waals surface area contributed by atoms with Gasteiger partial charge in [0.05, 0.1) is 12.7 Å². The SMILES string of the molecule is COC(=O)c1cc(O)c(C/C=C/c2ccccc2)c(O)c1. The van der Waals surface area contributed by atoms with E-state index in [-0.39, 0.29) is 17.1 Å². The van der Waals surface area contributed by atoms with E-state index in [1.165, 1.54) is 19.2 Å². The molecule has 0 aliphatic heterocycles. The van der Waals surface area contributed by atoms with Crippen molar-refractivity contribution in [3.8, 4) is 11.5 Å². The number of carbonyl (C=O) groups is 1. The van der Waals surface area contributed by atoms with Crippen LogP contribution < -0.4 is 0 Å². The van der Waals surface area contributed by atoms with Crippen LogP contribution in [0.15, 0.2) is 48.5 Å². The van der Waals surface area contributed by atoms with Crippen LogP contribution >= 0.6 is 0 Å². The van der Waals surface area contributed by atoms with Gasteiger partial charge in [0.2, 0.25) is 0 Å². The zero-order chi connectivity index (χ0) is 15.2. The van der Waals surface area contributed by atoms with Crippen molar-refractivity contribution in [1.82, 2.24) is 0 Å². The van der Waals surface area contributed by atoms with E-state index in [1.807, 2.05) is 42.5 Å². The van der Waals surface area contributed by atoms with Gasteiger partial charge in [-0.3, -0.25) is 0 Å². The summed E-state index contributed by atoms with van der Waals surface area (Å²) in [6, 6.07) is 12.3. The molecule has 4 heteroatoms. The van der Waals surface area contributed by atoms with Gasteiger partial charge in [0.1, 0.15) is 11.5 Å². The summed E-state index contributed by atoms with van der Waals surface area (Å²) in [6.45, 7) is 0. The lowest BCUT2D eigenvalue weighted by atomic mass is 10.0. The Bertz CT molecular complexity index is 637. The van der Waals surface area contributed by atoms with E-state index in [1.54, 1.807) is 0 Å². The molecular weight excluding hydrogens is 268 g/mol. The number of esters is 1. The summed E-state index contributed by atoms with van der Waals surface area (Å²) in [5.74, 6) is -0.867. The molecule has 108 valence electrons. The highest BCUT2D eigenvalue weighted by atomic mass is 16.5. The highest BCUT2D eigenvalue weighted by Gasteiger charge is 2.13. The summed E-state index contributed by atoms with van der Waals surface area (Å²) in [4.78, 5) is 11.4. The number of methoxy groups -OCH3 is 1. The van der Waals surface area contributed by atoms with Crippen LogP contribution in [0.1, 0.15) is 21.5 Å². The van der Waals surface area contributed by atoms with Crippen LogP contribution in [0, 0.1) is 0 Å².